The van der Waals surface area contributed by atoms with Gasteiger partial charge in [0.2, 0.25) is 0 Å². The second-order valence-electron chi connectivity index (χ2n) is 6.62. The van der Waals surface area contributed by atoms with Gasteiger partial charge in [-0.1, -0.05) is 18.2 Å². The smallest absolute Gasteiger partial charge is 0.337 e. The molecule has 1 aliphatic heterocycles. The molecule has 0 saturated carbocycles. The van der Waals surface area contributed by atoms with Crippen molar-refractivity contribution in [2.45, 2.75) is 6.42 Å². The molecule has 0 radical (unpaired) electrons. The summed E-state index contributed by atoms with van der Waals surface area (Å²) in [6.45, 7) is 3.09. The number of carbonyl (C=O) groups is 2. The summed E-state index contributed by atoms with van der Waals surface area (Å²) in [4.78, 5) is 28.0. The van der Waals surface area contributed by atoms with Crippen LogP contribution in [0.15, 0.2) is 48.5 Å². The predicted octanol–water partition coefficient (Wildman–Crippen LogP) is 2.69. The lowest BCUT2D eigenvalue weighted by Crippen LogP contribution is -2.52. The van der Waals surface area contributed by atoms with Crippen LogP contribution >= 0.6 is 0 Å². The molecule has 1 saturated heterocycles. The number of methoxy groups -OCH3 is 1. The van der Waals surface area contributed by atoms with Gasteiger partial charge >= 0.3 is 12.0 Å². The number of urea groups is 1. The zero-order valence-corrected chi connectivity index (χ0v) is 15.9. The Kier molecular flexibility index (Phi) is 6.47. The Morgan fingerprint density at radius 1 is 1.07 bits per heavy atom. The van der Waals surface area contributed by atoms with E-state index >= 15 is 0 Å². The zero-order chi connectivity index (χ0) is 19.9. The van der Waals surface area contributed by atoms with Crippen molar-refractivity contribution in [2.75, 3.05) is 44.7 Å². The van der Waals surface area contributed by atoms with Crippen LogP contribution < -0.4 is 10.2 Å². The predicted molar refractivity (Wildman–Crippen MR) is 105 cm³/mol. The maximum atomic E-state index is 12.9. The van der Waals surface area contributed by atoms with E-state index in [2.05, 4.69) is 10.2 Å². The van der Waals surface area contributed by atoms with Crippen molar-refractivity contribution in [1.29, 1.82) is 0 Å². The van der Waals surface area contributed by atoms with Gasteiger partial charge in [0.1, 0.15) is 5.82 Å². The number of ether oxygens (including phenoxy) is 1. The summed E-state index contributed by atoms with van der Waals surface area (Å²) in [6.07, 6.45) is 0.659. The van der Waals surface area contributed by atoms with E-state index in [1.54, 1.807) is 23.1 Å². The summed E-state index contributed by atoms with van der Waals surface area (Å²) < 4.78 is 17.7. The van der Waals surface area contributed by atoms with Crippen LogP contribution in [0.4, 0.5) is 14.9 Å². The third kappa shape index (κ3) is 5.00. The quantitative estimate of drug-likeness (QED) is 0.804. The summed E-state index contributed by atoms with van der Waals surface area (Å²) in [7, 11) is 1.36. The van der Waals surface area contributed by atoms with Gasteiger partial charge in [-0.15, -0.1) is 0 Å². The third-order valence-electron chi connectivity index (χ3n) is 4.80. The van der Waals surface area contributed by atoms with Crippen LogP contribution in [0, 0.1) is 5.82 Å². The number of rotatable bonds is 5. The molecular formula is C21H24FN3O3. The van der Waals surface area contributed by atoms with Crippen molar-refractivity contribution in [1.82, 2.24) is 10.2 Å². The van der Waals surface area contributed by atoms with Crippen LogP contribution in [-0.4, -0.2) is 56.7 Å². The summed E-state index contributed by atoms with van der Waals surface area (Å²) in [5.74, 6) is -0.621. The van der Waals surface area contributed by atoms with Gasteiger partial charge in [0.15, 0.2) is 0 Å². The molecule has 7 heteroatoms. The van der Waals surface area contributed by atoms with Crippen molar-refractivity contribution >= 4 is 17.7 Å². The van der Waals surface area contributed by atoms with E-state index in [4.69, 9.17) is 4.74 Å². The zero-order valence-electron chi connectivity index (χ0n) is 15.9. The minimum absolute atomic E-state index is 0.0925. The first-order chi connectivity index (χ1) is 13.6. The average Bonchev–Trinajstić information content (AvgIpc) is 2.74. The van der Waals surface area contributed by atoms with Gasteiger partial charge in [-0.3, -0.25) is 0 Å². The molecule has 1 aliphatic rings. The Labute approximate surface area is 163 Å². The first-order valence-corrected chi connectivity index (χ1v) is 9.27. The number of carbonyl (C=O) groups excluding carboxylic acids is 2. The Bertz CT molecular complexity index is 818. The fourth-order valence-electron chi connectivity index (χ4n) is 3.19. The fraction of sp³-hybridized carbons (Fsp3) is 0.333. The number of piperazine rings is 1. The van der Waals surface area contributed by atoms with Gasteiger partial charge in [0.05, 0.1) is 12.7 Å². The van der Waals surface area contributed by atoms with E-state index in [0.29, 0.717) is 44.7 Å². The largest absolute Gasteiger partial charge is 0.465 e. The molecule has 1 fully saturated rings. The second kappa shape index (κ2) is 9.21. The van der Waals surface area contributed by atoms with Gasteiger partial charge in [-0.25, -0.2) is 14.0 Å². The van der Waals surface area contributed by atoms with Crippen molar-refractivity contribution in [3.63, 3.8) is 0 Å². The molecule has 0 spiro atoms. The van der Waals surface area contributed by atoms with Gasteiger partial charge in [-0.2, -0.15) is 0 Å². The molecule has 0 unspecified atom stereocenters. The van der Waals surface area contributed by atoms with Crippen molar-refractivity contribution in [3.05, 3.63) is 65.5 Å². The van der Waals surface area contributed by atoms with Crippen LogP contribution in [0.5, 0.6) is 0 Å². The van der Waals surface area contributed by atoms with Crippen LogP contribution in [0.3, 0.4) is 0 Å². The fourth-order valence-corrected chi connectivity index (χ4v) is 3.19. The Hall–Kier alpha value is -3.09. The lowest BCUT2D eigenvalue weighted by Gasteiger charge is -2.36. The summed E-state index contributed by atoms with van der Waals surface area (Å²) in [6, 6.07) is 13.5. The molecular weight excluding hydrogens is 361 g/mol. The highest BCUT2D eigenvalue weighted by Gasteiger charge is 2.21. The van der Waals surface area contributed by atoms with Crippen molar-refractivity contribution < 1.29 is 18.7 Å². The van der Waals surface area contributed by atoms with Crippen molar-refractivity contribution in [3.8, 4) is 0 Å². The number of nitrogens with one attached hydrogen (secondary N) is 1. The summed E-state index contributed by atoms with van der Waals surface area (Å²) >= 11 is 0. The number of hydrogen-bond acceptors (Lipinski definition) is 4. The monoisotopic (exact) mass is 385 g/mol. The molecule has 0 bridgehead atoms. The second-order valence-corrected chi connectivity index (χ2v) is 6.62. The van der Waals surface area contributed by atoms with Crippen LogP contribution in [0.25, 0.3) is 0 Å². The highest BCUT2D eigenvalue weighted by Crippen LogP contribution is 2.18. The third-order valence-corrected chi connectivity index (χ3v) is 4.80. The number of amides is 2. The van der Waals surface area contributed by atoms with E-state index in [0.717, 1.165) is 11.3 Å². The molecule has 1 N–H and O–H groups in total. The van der Waals surface area contributed by atoms with E-state index < -0.39 is 0 Å². The molecule has 2 amide bonds. The lowest BCUT2D eigenvalue weighted by atomic mass is 10.1. The Morgan fingerprint density at radius 2 is 1.79 bits per heavy atom. The molecule has 3 rings (SSSR count). The first-order valence-electron chi connectivity index (χ1n) is 9.27. The van der Waals surface area contributed by atoms with E-state index in [9.17, 15) is 14.0 Å². The molecule has 28 heavy (non-hydrogen) atoms. The van der Waals surface area contributed by atoms with Crippen LogP contribution in [0.2, 0.25) is 0 Å². The number of halogens is 1. The minimum atomic E-state index is -0.360. The van der Waals surface area contributed by atoms with Gasteiger partial charge < -0.3 is 19.9 Å². The van der Waals surface area contributed by atoms with Gasteiger partial charge in [-0.05, 0) is 42.3 Å². The van der Waals surface area contributed by atoms with Crippen LogP contribution in [-0.2, 0) is 11.2 Å². The maximum Gasteiger partial charge on any atom is 0.337 e. The van der Waals surface area contributed by atoms with E-state index in [-0.39, 0.29) is 17.8 Å². The van der Waals surface area contributed by atoms with E-state index in [1.807, 2.05) is 18.2 Å². The number of anilines is 1. The highest BCUT2D eigenvalue weighted by atomic mass is 19.1. The van der Waals surface area contributed by atoms with Gasteiger partial charge in [0, 0.05) is 38.4 Å². The topological polar surface area (TPSA) is 61.9 Å². The molecule has 1 heterocycles. The Balaban J connectivity index is 1.46. The molecule has 148 valence electrons. The average molecular weight is 385 g/mol. The normalized spacial score (nSPS) is 13.9. The lowest BCUT2D eigenvalue weighted by molar-refractivity contribution is 0.0600. The standard InChI is InChI=1S/C21H24FN3O3/c1-28-20(26)17-3-2-4-19(15-17)24-11-13-25(14-12-24)21(27)23-10-9-16-5-7-18(22)8-6-16/h2-8,15H,9-14H2,1H3,(H,23,27). The molecule has 0 atom stereocenters. The molecule has 6 nitrogen and oxygen atoms in total. The molecule has 0 aromatic heterocycles. The SMILES string of the molecule is COC(=O)c1cccc(N2CCN(C(=O)NCCc3ccc(F)cc3)CC2)c1. The Morgan fingerprint density at radius 3 is 2.46 bits per heavy atom. The minimum Gasteiger partial charge on any atom is -0.465 e. The maximum absolute atomic E-state index is 12.9. The molecule has 2 aromatic rings. The number of benzene rings is 2. The van der Waals surface area contributed by atoms with Gasteiger partial charge in [0.25, 0.3) is 0 Å². The van der Waals surface area contributed by atoms with E-state index in [1.165, 1.54) is 19.2 Å². The summed E-state index contributed by atoms with van der Waals surface area (Å²) in [5.41, 5.74) is 2.44. The van der Waals surface area contributed by atoms with Crippen molar-refractivity contribution in [2.24, 2.45) is 0 Å². The van der Waals surface area contributed by atoms with Crippen LogP contribution in [0.1, 0.15) is 15.9 Å². The number of hydrogen-bond donors (Lipinski definition) is 1. The highest BCUT2D eigenvalue weighted by molar-refractivity contribution is 5.90. The number of nitrogens with zero attached hydrogens (tertiary/aromatic N) is 2. The molecule has 0 aliphatic carbocycles. The number of esters is 1. The molecule has 2 aromatic carbocycles. The summed E-state index contributed by atoms with van der Waals surface area (Å²) in [5, 5.41) is 2.92. The first kappa shape index (κ1) is 19.7.